The number of benzene rings is 1. The molecule has 1 saturated carbocycles. The fourth-order valence-electron chi connectivity index (χ4n) is 3.01. The number of nitrogens with one attached hydrogen (secondary N) is 2. The minimum atomic E-state index is -0.324. The standard InChI is InChI=1S/C18H25FN4/c1-3-21-18(23-16-6-4-5-13(2)9-16)22-12-15-10-14(11-20)7-8-17(15)19/h7-8,10,13,16H,3-6,9,12H2,1-2H3,(H2,21,22,23). The van der Waals surface area contributed by atoms with E-state index >= 15 is 0 Å². The van der Waals surface area contributed by atoms with Crippen molar-refractivity contribution in [2.75, 3.05) is 6.54 Å². The molecule has 2 rings (SSSR count). The highest BCUT2D eigenvalue weighted by atomic mass is 19.1. The Morgan fingerprint density at radius 1 is 1.43 bits per heavy atom. The maximum absolute atomic E-state index is 13.8. The average Bonchev–Trinajstić information content (AvgIpc) is 2.54. The predicted octanol–water partition coefficient (Wildman–Crippen LogP) is 3.33. The number of nitrogens with zero attached hydrogens (tertiary/aromatic N) is 2. The largest absolute Gasteiger partial charge is 0.357 e. The van der Waals surface area contributed by atoms with E-state index in [9.17, 15) is 4.39 Å². The second kappa shape index (κ2) is 8.52. The summed E-state index contributed by atoms with van der Waals surface area (Å²) >= 11 is 0. The van der Waals surface area contributed by atoms with Crippen LogP contribution in [0.4, 0.5) is 4.39 Å². The molecule has 23 heavy (non-hydrogen) atoms. The van der Waals surface area contributed by atoms with Crippen molar-refractivity contribution in [2.24, 2.45) is 10.9 Å². The van der Waals surface area contributed by atoms with Gasteiger partial charge in [0.15, 0.2) is 5.96 Å². The normalized spacial score (nSPS) is 21.6. The molecule has 1 aliphatic rings. The summed E-state index contributed by atoms with van der Waals surface area (Å²) in [5, 5.41) is 15.6. The molecule has 0 aliphatic heterocycles. The molecule has 5 heteroatoms. The summed E-state index contributed by atoms with van der Waals surface area (Å²) in [5.41, 5.74) is 0.897. The maximum atomic E-state index is 13.8. The lowest BCUT2D eigenvalue weighted by Crippen LogP contribution is -2.45. The van der Waals surface area contributed by atoms with Gasteiger partial charge in [-0.25, -0.2) is 9.38 Å². The van der Waals surface area contributed by atoms with Gasteiger partial charge >= 0.3 is 0 Å². The third-order valence-corrected chi connectivity index (χ3v) is 4.20. The van der Waals surface area contributed by atoms with E-state index in [2.05, 4.69) is 22.5 Å². The fourth-order valence-corrected chi connectivity index (χ4v) is 3.01. The van der Waals surface area contributed by atoms with Crippen molar-refractivity contribution < 1.29 is 4.39 Å². The molecular weight excluding hydrogens is 291 g/mol. The molecule has 0 aromatic heterocycles. The van der Waals surface area contributed by atoms with E-state index in [0.29, 0.717) is 23.1 Å². The molecular formula is C18H25FN4. The van der Waals surface area contributed by atoms with Crippen LogP contribution in [0.3, 0.4) is 0 Å². The van der Waals surface area contributed by atoms with Crippen LogP contribution in [-0.4, -0.2) is 18.5 Å². The van der Waals surface area contributed by atoms with Gasteiger partial charge in [-0.15, -0.1) is 0 Å². The molecule has 124 valence electrons. The fraction of sp³-hybridized carbons (Fsp3) is 0.556. The molecule has 1 aliphatic carbocycles. The van der Waals surface area contributed by atoms with Gasteiger partial charge in [0.25, 0.3) is 0 Å². The smallest absolute Gasteiger partial charge is 0.191 e. The number of rotatable bonds is 4. The highest BCUT2D eigenvalue weighted by Crippen LogP contribution is 2.23. The maximum Gasteiger partial charge on any atom is 0.191 e. The molecule has 0 saturated heterocycles. The number of guanidine groups is 1. The summed E-state index contributed by atoms with van der Waals surface area (Å²) < 4.78 is 13.8. The van der Waals surface area contributed by atoms with E-state index < -0.39 is 0 Å². The predicted molar refractivity (Wildman–Crippen MR) is 90.5 cm³/mol. The van der Waals surface area contributed by atoms with E-state index in [1.54, 1.807) is 6.07 Å². The lowest BCUT2D eigenvalue weighted by atomic mass is 9.87. The third-order valence-electron chi connectivity index (χ3n) is 4.20. The minimum Gasteiger partial charge on any atom is -0.357 e. The van der Waals surface area contributed by atoms with Crippen LogP contribution in [0.2, 0.25) is 0 Å². The summed E-state index contributed by atoms with van der Waals surface area (Å²) in [4.78, 5) is 4.48. The van der Waals surface area contributed by atoms with Crippen LogP contribution in [-0.2, 0) is 6.54 Å². The van der Waals surface area contributed by atoms with Crippen molar-refractivity contribution in [3.63, 3.8) is 0 Å². The quantitative estimate of drug-likeness (QED) is 0.661. The van der Waals surface area contributed by atoms with E-state index in [1.807, 2.05) is 13.0 Å². The summed E-state index contributed by atoms with van der Waals surface area (Å²) in [6, 6.07) is 6.82. The SMILES string of the molecule is CCNC(=NCc1cc(C#N)ccc1F)NC1CCCC(C)C1. The van der Waals surface area contributed by atoms with Crippen LogP contribution in [0.1, 0.15) is 50.7 Å². The summed E-state index contributed by atoms with van der Waals surface area (Å²) in [7, 11) is 0. The Morgan fingerprint density at radius 3 is 2.96 bits per heavy atom. The highest BCUT2D eigenvalue weighted by Gasteiger charge is 2.19. The zero-order valence-corrected chi connectivity index (χ0v) is 13.9. The lowest BCUT2D eigenvalue weighted by Gasteiger charge is -2.28. The minimum absolute atomic E-state index is 0.221. The van der Waals surface area contributed by atoms with E-state index in [1.165, 1.54) is 25.0 Å². The van der Waals surface area contributed by atoms with Gasteiger partial charge < -0.3 is 10.6 Å². The molecule has 2 atom stereocenters. The summed E-state index contributed by atoms with van der Waals surface area (Å²) in [5.74, 6) is 1.12. The first kappa shape index (κ1) is 17.3. The van der Waals surface area contributed by atoms with E-state index in [0.717, 1.165) is 25.3 Å². The van der Waals surface area contributed by atoms with Gasteiger partial charge in [-0.2, -0.15) is 5.26 Å². The zero-order valence-electron chi connectivity index (χ0n) is 13.9. The number of hydrogen-bond acceptors (Lipinski definition) is 2. The van der Waals surface area contributed by atoms with Gasteiger partial charge in [-0.3, -0.25) is 0 Å². The monoisotopic (exact) mass is 316 g/mol. The van der Waals surface area contributed by atoms with Crippen LogP contribution in [0.5, 0.6) is 0 Å². The Bertz CT molecular complexity index is 591. The van der Waals surface area contributed by atoms with Crippen molar-refractivity contribution in [1.29, 1.82) is 5.26 Å². The first-order valence-corrected chi connectivity index (χ1v) is 8.35. The molecule has 1 fully saturated rings. The third kappa shape index (κ3) is 5.24. The van der Waals surface area contributed by atoms with Gasteiger partial charge in [-0.05, 0) is 43.9 Å². The Hall–Kier alpha value is -2.09. The second-order valence-corrected chi connectivity index (χ2v) is 6.23. The molecule has 2 unspecified atom stereocenters. The Morgan fingerprint density at radius 2 is 2.26 bits per heavy atom. The molecule has 1 aromatic carbocycles. The summed E-state index contributed by atoms with van der Waals surface area (Å²) in [6.45, 7) is 5.27. The van der Waals surface area contributed by atoms with Gasteiger partial charge in [-0.1, -0.05) is 19.8 Å². The average molecular weight is 316 g/mol. The van der Waals surface area contributed by atoms with Crippen LogP contribution in [0, 0.1) is 23.1 Å². The number of hydrogen-bond donors (Lipinski definition) is 2. The molecule has 0 heterocycles. The molecule has 4 nitrogen and oxygen atoms in total. The molecule has 0 amide bonds. The molecule has 0 spiro atoms. The van der Waals surface area contributed by atoms with Gasteiger partial charge in [0.2, 0.25) is 0 Å². The van der Waals surface area contributed by atoms with Gasteiger partial charge in [0.1, 0.15) is 5.82 Å². The van der Waals surface area contributed by atoms with Crippen LogP contribution < -0.4 is 10.6 Å². The topological polar surface area (TPSA) is 60.2 Å². The second-order valence-electron chi connectivity index (χ2n) is 6.23. The number of halogens is 1. The first-order valence-electron chi connectivity index (χ1n) is 8.35. The molecule has 0 bridgehead atoms. The van der Waals surface area contributed by atoms with Crippen LogP contribution in [0.15, 0.2) is 23.2 Å². The molecule has 2 N–H and O–H groups in total. The highest BCUT2D eigenvalue weighted by molar-refractivity contribution is 5.80. The number of aliphatic imine (C=N–C) groups is 1. The van der Waals surface area contributed by atoms with Crippen LogP contribution >= 0.6 is 0 Å². The van der Waals surface area contributed by atoms with Crippen LogP contribution in [0.25, 0.3) is 0 Å². The first-order chi connectivity index (χ1) is 11.1. The van der Waals surface area contributed by atoms with E-state index in [-0.39, 0.29) is 12.4 Å². The van der Waals surface area contributed by atoms with Gasteiger partial charge in [0, 0.05) is 18.2 Å². The van der Waals surface area contributed by atoms with Crippen molar-refractivity contribution >= 4 is 5.96 Å². The van der Waals surface area contributed by atoms with Crippen molar-refractivity contribution in [1.82, 2.24) is 10.6 Å². The molecule has 0 radical (unpaired) electrons. The zero-order chi connectivity index (χ0) is 16.7. The molecule has 1 aromatic rings. The van der Waals surface area contributed by atoms with E-state index in [4.69, 9.17) is 5.26 Å². The Kier molecular flexibility index (Phi) is 6.40. The van der Waals surface area contributed by atoms with Crippen molar-refractivity contribution in [3.05, 3.63) is 35.1 Å². The van der Waals surface area contributed by atoms with Crippen molar-refractivity contribution in [2.45, 2.75) is 52.1 Å². The van der Waals surface area contributed by atoms with Gasteiger partial charge in [0.05, 0.1) is 18.2 Å². The number of nitriles is 1. The Balaban J connectivity index is 2.05. The Labute approximate surface area is 137 Å². The van der Waals surface area contributed by atoms with Crippen molar-refractivity contribution in [3.8, 4) is 6.07 Å². The summed E-state index contributed by atoms with van der Waals surface area (Å²) in [6.07, 6.45) is 4.81. The lowest BCUT2D eigenvalue weighted by molar-refractivity contribution is 0.324.